The van der Waals surface area contributed by atoms with Crippen molar-refractivity contribution < 1.29 is 28.2 Å². The molecule has 1 amide bonds. The Morgan fingerprint density at radius 3 is 2.27 bits per heavy atom. The molecular formula is C19H17F2NO4. The van der Waals surface area contributed by atoms with Crippen LogP contribution < -0.4 is 0 Å². The van der Waals surface area contributed by atoms with E-state index >= 15 is 0 Å². The van der Waals surface area contributed by atoms with Crippen LogP contribution in [0.1, 0.15) is 30.0 Å². The summed E-state index contributed by atoms with van der Waals surface area (Å²) in [7, 11) is 0. The molecule has 0 bridgehead atoms. The number of ether oxygens (including phenoxy) is 1. The number of carbonyl (C=O) groups excluding carboxylic acids is 1. The van der Waals surface area contributed by atoms with Crippen molar-refractivity contribution in [2.24, 2.45) is 0 Å². The van der Waals surface area contributed by atoms with E-state index in [0.717, 1.165) is 22.6 Å². The Kier molecular flexibility index (Phi) is 5.16. The van der Waals surface area contributed by atoms with Crippen molar-refractivity contribution in [2.75, 3.05) is 0 Å². The third-order valence-corrected chi connectivity index (χ3v) is 4.07. The molecular weight excluding hydrogens is 344 g/mol. The maximum absolute atomic E-state index is 13.5. The molecule has 0 aliphatic heterocycles. The highest BCUT2D eigenvalue weighted by Crippen LogP contribution is 2.36. The fourth-order valence-electron chi connectivity index (χ4n) is 2.77. The topological polar surface area (TPSA) is 66.8 Å². The van der Waals surface area contributed by atoms with Crippen LogP contribution >= 0.6 is 0 Å². The van der Waals surface area contributed by atoms with Crippen molar-refractivity contribution >= 4 is 12.1 Å². The lowest BCUT2D eigenvalue weighted by Crippen LogP contribution is -2.41. The van der Waals surface area contributed by atoms with Gasteiger partial charge in [0.2, 0.25) is 0 Å². The Balaban J connectivity index is 1.84. The Bertz CT molecular complexity index is 788. The van der Waals surface area contributed by atoms with Crippen LogP contribution in [0.15, 0.2) is 48.5 Å². The summed E-state index contributed by atoms with van der Waals surface area (Å²) in [4.78, 5) is 25.4. The second-order valence-corrected chi connectivity index (χ2v) is 6.12. The first-order chi connectivity index (χ1) is 12.5. The molecule has 1 aliphatic carbocycles. The highest BCUT2D eigenvalue weighted by Gasteiger charge is 2.42. The molecule has 0 radical (unpaired) electrons. The van der Waals surface area contributed by atoms with E-state index in [1.54, 1.807) is 24.3 Å². The monoisotopic (exact) mass is 361 g/mol. The normalized spacial score (nSPS) is 14.5. The van der Waals surface area contributed by atoms with E-state index in [4.69, 9.17) is 4.74 Å². The Hall–Kier alpha value is -2.96. The third-order valence-electron chi connectivity index (χ3n) is 4.07. The fraction of sp³-hybridized carbons (Fsp3) is 0.263. The second-order valence-electron chi connectivity index (χ2n) is 6.12. The van der Waals surface area contributed by atoms with Gasteiger partial charge >= 0.3 is 12.1 Å². The number of carboxylic acids is 1. The SMILES string of the molecule is O=C(O)C(c1cc(F)cc(F)c1)N(C(=O)OCc1ccccc1)C1CC1. The Morgan fingerprint density at radius 2 is 1.73 bits per heavy atom. The number of rotatable bonds is 6. The highest BCUT2D eigenvalue weighted by atomic mass is 19.1. The van der Waals surface area contributed by atoms with Gasteiger partial charge in [-0.25, -0.2) is 18.4 Å². The van der Waals surface area contributed by atoms with Crippen molar-refractivity contribution in [1.29, 1.82) is 0 Å². The zero-order valence-electron chi connectivity index (χ0n) is 13.8. The number of nitrogens with zero attached hydrogens (tertiary/aromatic N) is 1. The molecule has 1 fully saturated rings. The molecule has 0 aromatic heterocycles. The predicted octanol–water partition coefficient (Wildman–Crippen LogP) is 3.89. The zero-order valence-corrected chi connectivity index (χ0v) is 13.8. The van der Waals surface area contributed by atoms with Gasteiger partial charge in [-0.05, 0) is 36.1 Å². The van der Waals surface area contributed by atoms with Gasteiger partial charge in [-0.3, -0.25) is 4.90 Å². The molecule has 26 heavy (non-hydrogen) atoms. The number of benzene rings is 2. The maximum atomic E-state index is 13.5. The predicted molar refractivity (Wildman–Crippen MR) is 88.2 cm³/mol. The van der Waals surface area contributed by atoms with Crippen molar-refractivity contribution in [3.05, 3.63) is 71.3 Å². The molecule has 136 valence electrons. The lowest BCUT2D eigenvalue weighted by Gasteiger charge is -2.28. The highest BCUT2D eigenvalue weighted by molar-refractivity contribution is 5.82. The van der Waals surface area contributed by atoms with Gasteiger partial charge in [0.15, 0.2) is 6.04 Å². The summed E-state index contributed by atoms with van der Waals surface area (Å²) in [6, 6.07) is 9.58. The average molecular weight is 361 g/mol. The van der Waals surface area contributed by atoms with Crippen molar-refractivity contribution in [3.63, 3.8) is 0 Å². The molecule has 1 aliphatic rings. The molecule has 5 nitrogen and oxygen atoms in total. The van der Waals surface area contributed by atoms with Gasteiger partial charge in [0.25, 0.3) is 0 Å². The van der Waals surface area contributed by atoms with E-state index in [9.17, 15) is 23.5 Å². The third kappa shape index (κ3) is 4.17. The van der Waals surface area contributed by atoms with Crippen LogP contribution in [0.3, 0.4) is 0 Å². The van der Waals surface area contributed by atoms with Crippen LogP contribution in [0, 0.1) is 11.6 Å². The molecule has 0 heterocycles. The lowest BCUT2D eigenvalue weighted by atomic mass is 10.0. The lowest BCUT2D eigenvalue weighted by molar-refractivity contribution is -0.143. The molecule has 3 rings (SSSR count). The molecule has 2 aromatic carbocycles. The molecule has 1 saturated carbocycles. The van der Waals surface area contributed by atoms with Gasteiger partial charge in [0.1, 0.15) is 18.2 Å². The van der Waals surface area contributed by atoms with Gasteiger partial charge in [-0.1, -0.05) is 30.3 Å². The number of aliphatic carboxylic acids is 1. The minimum Gasteiger partial charge on any atom is -0.479 e. The molecule has 1 N–H and O–H groups in total. The van der Waals surface area contributed by atoms with Gasteiger partial charge in [0, 0.05) is 12.1 Å². The van der Waals surface area contributed by atoms with E-state index in [1.807, 2.05) is 6.07 Å². The smallest absolute Gasteiger partial charge is 0.411 e. The second kappa shape index (κ2) is 7.51. The fourth-order valence-corrected chi connectivity index (χ4v) is 2.77. The van der Waals surface area contributed by atoms with E-state index in [2.05, 4.69) is 0 Å². The summed E-state index contributed by atoms with van der Waals surface area (Å²) < 4.78 is 32.3. The van der Waals surface area contributed by atoms with E-state index in [-0.39, 0.29) is 18.2 Å². The largest absolute Gasteiger partial charge is 0.479 e. The zero-order chi connectivity index (χ0) is 18.7. The Labute approximate surface area is 148 Å². The standard InChI is InChI=1S/C19H17F2NO4/c20-14-8-13(9-15(21)10-14)17(18(23)24)22(16-6-7-16)19(25)26-11-12-4-2-1-3-5-12/h1-5,8-10,16-17H,6-7,11H2,(H,23,24). The number of halogens is 2. The van der Waals surface area contributed by atoms with Crippen LogP contribution in [-0.4, -0.2) is 28.1 Å². The first-order valence-electron chi connectivity index (χ1n) is 8.13. The minimum absolute atomic E-state index is 0.0211. The van der Waals surface area contributed by atoms with Crippen LogP contribution in [0.25, 0.3) is 0 Å². The van der Waals surface area contributed by atoms with Gasteiger partial charge < -0.3 is 9.84 Å². The van der Waals surface area contributed by atoms with Gasteiger partial charge in [-0.15, -0.1) is 0 Å². The number of carboxylic acid groups (broad SMARTS) is 1. The molecule has 0 spiro atoms. The first-order valence-corrected chi connectivity index (χ1v) is 8.13. The molecule has 1 atom stereocenters. The molecule has 2 aromatic rings. The number of carbonyl (C=O) groups is 2. The van der Waals surface area contributed by atoms with Gasteiger partial charge in [-0.2, -0.15) is 0 Å². The quantitative estimate of drug-likeness (QED) is 0.848. The molecule has 1 unspecified atom stereocenters. The van der Waals surface area contributed by atoms with Crippen LogP contribution in [0.5, 0.6) is 0 Å². The van der Waals surface area contributed by atoms with Crippen LogP contribution in [0.4, 0.5) is 13.6 Å². The molecule has 0 saturated heterocycles. The van der Waals surface area contributed by atoms with Crippen molar-refractivity contribution in [1.82, 2.24) is 4.90 Å². The summed E-state index contributed by atoms with van der Waals surface area (Å²) >= 11 is 0. The number of hydrogen-bond donors (Lipinski definition) is 1. The summed E-state index contributed by atoms with van der Waals surface area (Å²) in [5.74, 6) is -3.18. The summed E-state index contributed by atoms with van der Waals surface area (Å²) in [5.41, 5.74) is 0.610. The van der Waals surface area contributed by atoms with E-state index in [0.29, 0.717) is 18.9 Å². The first kappa shape index (κ1) is 17.8. The van der Waals surface area contributed by atoms with E-state index in [1.165, 1.54) is 0 Å². The summed E-state index contributed by atoms with van der Waals surface area (Å²) in [5, 5.41) is 9.60. The van der Waals surface area contributed by atoms with Crippen molar-refractivity contribution in [2.45, 2.75) is 31.5 Å². The summed E-state index contributed by atoms with van der Waals surface area (Å²) in [6.45, 7) is -0.0211. The van der Waals surface area contributed by atoms with Crippen LogP contribution in [-0.2, 0) is 16.1 Å². The van der Waals surface area contributed by atoms with Gasteiger partial charge in [0.05, 0.1) is 0 Å². The van der Waals surface area contributed by atoms with Crippen LogP contribution in [0.2, 0.25) is 0 Å². The molecule has 7 heteroatoms. The van der Waals surface area contributed by atoms with E-state index < -0.39 is 29.7 Å². The number of hydrogen-bond acceptors (Lipinski definition) is 3. The van der Waals surface area contributed by atoms with Crippen molar-refractivity contribution in [3.8, 4) is 0 Å². The maximum Gasteiger partial charge on any atom is 0.411 e. The minimum atomic E-state index is -1.52. The average Bonchev–Trinajstić information content (AvgIpc) is 3.41. The number of amides is 1. The Morgan fingerprint density at radius 1 is 1.12 bits per heavy atom. The summed E-state index contributed by atoms with van der Waals surface area (Å²) in [6.07, 6.45) is 0.401.